The number of hydrogen-bond donors (Lipinski definition) is 1. The monoisotopic (exact) mass is 202 g/mol. The Morgan fingerprint density at radius 2 is 2.38 bits per heavy atom. The van der Waals surface area contributed by atoms with E-state index in [-0.39, 0.29) is 0 Å². The van der Waals surface area contributed by atoms with E-state index in [1.807, 2.05) is 6.92 Å². The first-order valence-corrected chi connectivity index (χ1v) is 4.04. The first-order valence-electron chi connectivity index (χ1n) is 3.60. The lowest BCUT2D eigenvalue weighted by atomic mass is 10.3. The van der Waals surface area contributed by atoms with Crippen molar-refractivity contribution < 1.29 is 9.18 Å². The van der Waals surface area contributed by atoms with Gasteiger partial charge in [-0.05, 0) is 18.6 Å². The maximum absolute atomic E-state index is 12.2. The maximum atomic E-state index is 12.2. The van der Waals surface area contributed by atoms with E-state index in [2.05, 4.69) is 10.3 Å². The Balaban J connectivity index is 2.69. The molecule has 0 aliphatic heterocycles. The van der Waals surface area contributed by atoms with Gasteiger partial charge in [-0.2, -0.15) is 0 Å². The summed E-state index contributed by atoms with van der Waals surface area (Å²) in [6, 6.07) is 1.67. The smallest absolute Gasteiger partial charge is 0.274 e. The van der Waals surface area contributed by atoms with Crippen LogP contribution in [-0.2, 0) is 4.79 Å². The van der Waals surface area contributed by atoms with Crippen molar-refractivity contribution in [3.05, 3.63) is 24.0 Å². The quantitative estimate of drug-likeness (QED) is 0.744. The summed E-state index contributed by atoms with van der Waals surface area (Å²) in [5.41, 5.74) is -0.711. The van der Waals surface area contributed by atoms with Crippen LogP contribution in [0.25, 0.3) is 0 Å². The van der Waals surface area contributed by atoms with Crippen LogP contribution < -0.4 is 5.32 Å². The molecule has 13 heavy (non-hydrogen) atoms. The van der Waals surface area contributed by atoms with E-state index in [9.17, 15) is 9.18 Å². The minimum absolute atomic E-state index is 0.438. The van der Waals surface area contributed by atoms with E-state index < -0.39 is 11.5 Å². The zero-order valence-corrected chi connectivity index (χ0v) is 7.68. The van der Waals surface area contributed by atoms with Gasteiger partial charge in [0.25, 0.3) is 11.5 Å². The summed E-state index contributed by atoms with van der Waals surface area (Å²) < 4.78 is 12.2. The number of pyridine rings is 1. The summed E-state index contributed by atoms with van der Waals surface area (Å²) in [7, 11) is 0. The maximum Gasteiger partial charge on any atom is 0.274 e. The molecule has 1 N–H and O–H groups in total. The highest BCUT2D eigenvalue weighted by atomic mass is 35.5. The van der Waals surface area contributed by atoms with E-state index in [0.717, 1.165) is 5.56 Å². The molecule has 1 unspecified atom stereocenters. The molecule has 0 bridgehead atoms. The second-order valence-corrected chi connectivity index (χ2v) is 2.92. The number of halogens is 2. The second-order valence-electron chi connectivity index (χ2n) is 2.54. The number of aromatic nitrogens is 1. The molecular weight excluding hydrogens is 195 g/mol. The number of amides is 1. The molecule has 1 atom stereocenters. The van der Waals surface area contributed by atoms with Gasteiger partial charge in [0.1, 0.15) is 0 Å². The van der Waals surface area contributed by atoms with Gasteiger partial charge in [-0.15, -0.1) is 0 Å². The molecule has 0 radical (unpaired) electrons. The lowest BCUT2D eigenvalue weighted by molar-refractivity contribution is -0.118. The van der Waals surface area contributed by atoms with Gasteiger partial charge in [0.05, 0.1) is 11.9 Å². The van der Waals surface area contributed by atoms with Gasteiger partial charge in [0.2, 0.25) is 0 Å². The Bertz CT molecular complexity index is 317. The normalized spacial score (nSPS) is 12.2. The van der Waals surface area contributed by atoms with Crippen LogP contribution in [0.3, 0.4) is 0 Å². The van der Waals surface area contributed by atoms with Crippen LogP contribution in [-0.4, -0.2) is 16.5 Å². The summed E-state index contributed by atoms with van der Waals surface area (Å²) >= 11 is 4.92. The van der Waals surface area contributed by atoms with Crippen LogP contribution in [0.5, 0.6) is 0 Å². The highest BCUT2D eigenvalue weighted by Crippen LogP contribution is 2.09. The number of aryl methyl sites for hydroxylation is 1. The van der Waals surface area contributed by atoms with Gasteiger partial charge in [-0.25, -0.2) is 4.39 Å². The molecule has 1 amide bonds. The summed E-state index contributed by atoms with van der Waals surface area (Å²) in [6.07, 6.45) is 3.05. The van der Waals surface area contributed by atoms with E-state index in [1.165, 1.54) is 6.20 Å². The predicted octanol–water partition coefficient (Wildman–Crippen LogP) is 1.86. The van der Waals surface area contributed by atoms with Crippen molar-refractivity contribution >= 4 is 23.2 Å². The van der Waals surface area contributed by atoms with E-state index in [0.29, 0.717) is 5.69 Å². The standard InChI is InChI=1S/C8H8ClFN2O/c1-5-2-6(4-11-3-5)12-8(13)7(9)10/h2-4,7H,1H3,(H,12,13). The molecular formula is C8H8ClFN2O. The molecule has 0 saturated carbocycles. The number of carbonyl (C=O) groups excluding carboxylic acids is 1. The average molecular weight is 203 g/mol. The first kappa shape index (κ1) is 9.92. The molecule has 0 aliphatic carbocycles. The summed E-state index contributed by atoms with van der Waals surface area (Å²) in [4.78, 5) is 14.6. The number of rotatable bonds is 2. The average Bonchev–Trinajstić information content (AvgIpc) is 2.04. The molecule has 70 valence electrons. The Morgan fingerprint density at radius 3 is 2.92 bits per heavy atom. The highest BCUT2D eigenvalue weighted by Gasteiger charge is 2.12. The summed E-state index contributed by atoms with van der Waals surface area (Å²) in [5, 5.41) is 2.27. The van der Waals surface area contributed by atoms with Crippen molar-refractivity contribution in [3.63, 3.8) is 0 Å². The summed E-state index contributed by atoms with van der Waals surface area (Å²) in [6.45, 7) is 1.82. The predicted molar refractivity (Wildman–Crippen MR) is 48.4 cm³/mol. The minimum Gasteiger partial charge on any atom is -0.321 e. The number of nitrogens with zero attached hydrogens (tertiary/aromatic N) is 1. The lowest BCUT2D eigenvalue weighted by Gasteiger charge is -2.04. The van der Waals surface area contributed by atoms with Crippen LogP contribution in [0.4, 0.5) is 10.1 Å². The van der Waals surface area contributed by atoms with E-state index in [1.54, 1.807) is 12.3 Å². The van der Waals surface area contributed by atoms with Crippen molar-refractivity contribution in [2.24, 2.45) is 0 Å². The van der Waals surface area contributed by atoms with Crippen LogP contribution in [0.1, 0.15) is 5.56 Å². The zero-order valence-electron chi connectivity index (χ0n) is 6.92. The van der Waals surface area contributed by atoms with Crippen LogP contribution >= 0.6 is 11.6 Å². The number of anilines is 1. The van der Waals surface area contributed by atoms with Gasteiger partial charge < -0.3 is 5.32 Å². The van der Waals surface area contributed by atoms with Crippen molar-refractivity contribution in [2.75, 3.05) is 5.32 Å². The largest absolute Gasteiger partial charge is 0.321 e. The molecule has 0 spiro atoms. The molecule has 1 aromatic heterocycles. The second kappa shape index (κ2) is 4.18. The SMILES string of the molecule is Cc1cncc(NC(=O)C(F)Cl)c1. The molecule has 1 heterocycles. The van der Waals surface area contributed by atoms with Crippen LogP contribution in [0.2, 0.25) is 0 Å². The van der Waals surface area contributed by atoms with Gasteiger partial charge in [0.15, 0.2) is 0 Å². The fourth-order valence-electron chi connectivity index (χ4n) is 0.820. The van der Waals surface area contributed by atoms with Crippen molar-refractivity contribution in [1.82, 2.24) is 4.98 Å². The van der Waals surface area contributed by atoms with Gasteiger partial charge in [-0.1, -0.05) is 11.6 Å². The third-order valence-corrected chi connectivity index (χ3v) is 1.54. The Kier molecular flexibility index (Phi) is 3.19. The van der Waals surface area contributed by atoms with Gasteiger partial charge in [0, 0.05) is 6.20 Å². The molecule has 0 fully saturated rings. The van der Waals surface area contributed by atoms with E-state index in [4.69, 9.17) is 11.6 Å². The zero-order chi connectivity index (χ0) is 9.84. The first-order chi connectivity index (χ1) is 6.09. The number of nitrogens with one attached hydrogen (secondary N) is 1. The number of hydrogen-bond acceptors (Lipinski definition) is 2. The highest BCUT2D eigenvalue weighted by molar-refractivity contribution is 6.31. The molecule has 0 aliphatic rings. The topological polar surface area (TPSA) is 42.0 Å². The fraction of sp³-hybridized carbons (Fsp3) is 0.250. The Hall–Kier alpha value is -1.16. The van der Waals surface area contributed by atoms with Crippen LogP contribution in [0, 0.1) is 6.92 Å². The lowest BCUT2D eigenvalue weighted by Crippen LogP contribution is -2.19. The summed E-state index contributed by atoms with van der Waals surface area (Å²) in [5.74, 6) is -0.880. The van der Waals surface area contributed by atoms with Gasteiger partial charge in [-0.3, -0.25) is 9.78 Å². The Labute approximate surface area is 79.9 Å². The molecule has 1 rings (SSSR count). The third kappa shape index (κ3) is 2.99. The molecule has 0 aromatic carbocycles. The molecule has 1 aromatic rings. The van der Waals surface area contributed by atoms with Crippen molar-refractivity contribution in [3.8, 4) is 0 Å². The van der Waals surface area contributed by atoms with Crippen molar-refractivity contribution in [2.45, 2.75) is 12.6 Å². The third-order valence-electron chi connectivity index (χ3n) is 1.34. The van der Waals surface area contributed by atoms with Crippen molar-refractivity contribution in [1.29, 1.82) is 0 Å². The molecule has 5 heteroatoms. The molecule has 0 saturated heterocycles. The van der Waals surface area contributed by atoms with Crippen LogP contribution in [0.15, 0.2) is 18.5 Å². The number of alkyl halides is 2. The molecule has 3 nitrogen and oxygen atoms in total. The fourth-order valence-corrected chi connectivity index (χ4v) is 0.875. The number of carbonyl (C=O) groups is 1. The minimum atomic E-state index is -2.03. The Morgan fingerprint density at radius 1 is 1.69 bits per heavy atom. The van der Waals surface area contributed by atoms with Gasteiger partial charge >= 0.3 is 0 Å². The van der Waals surface area contributed by atoms with E-state index >= 15 is 0 Å².